The molecule has 0 spiro atoms. The van der Waals surface area contributed by atoms with Gasteiger partial charge in [-0.05, 0) is 64.3 Å². The molecule has 0 aliphatic heterocycles. The molecule has 6 nitrogen and oxygen atoms in total. The molecule has 3 rings (SSSR count). The molecule has 1 amide bonds. The van der Waals surface area contributed by atoms with Gasteiger partial charge in [0.1, 0.15) is 18.2 Å². The standard InChI is InChI=1S/C24H22BrFN2O4/c1-15-8-9-18(21(10-15)30-2)24(29)28-27-13-16-11-19(25)23(22(12-16)31-3)32-14-17-6-4-5-7-20(17)26/h4-13H,14H2,1-3H3,(H,28,29)/b27-13+. The third-order valence-corrected chi connectivity index (χ3v) is 5.15. The maximum absolute atomic E-state index is 13.9. The Morgan fingerprint density at radius 2 is 1.84 bits per heavy atom. The minimum atomic E-state index is -0.394. The highest BCUT2D eigenvalue weighted by Crippen LogP contribution is 2.37. The van der Waals surface area contributed by atoms with Crippen molar-refractivity contribution in [1.82, 2.24) is 5.43 Å². The van der Waals surface area contributed by atoms with E-state index in [1.54, 1.807) is 42.5 Å². The molecule has 0 unspecified atom stereocenters. The second-order valence-corrected chi connectivity index (χ2v) is 7.67. The van der Waals surface area contributed by atoms with Crippen LogP contribution in [-0.4, -0.2) is 26.3 Å². The van der Waals surface area contributed by atoms with Gasteiger partial charge in [-0.2, -0.15) is 5.10 Å². The summed E-state index contributed by atoms with van der Waals surface area (Å²) >= 11 is 3.45. The molecule has 166 valence electrons. The first-order valence-corrected chi connectivity index (χ1v) is 10.4. The Hall–Kier alpha value is -3.39. The lowest BCUT2D eigenvalue weighted by atomic mass is 10.1. The second-order valence-electron chi connectivity index (χ2n) is 6.82. The highest BCUT2D eigenvalue weighted by atomic mass is 79.9. The molecule has 8 heteroatoms. The number of hydrogen-bond acceptors (Lipinski definition) is 5. The van der Waals surface area contributed by atoms with Crippen LogP contribution in [0, 0.1) is 12.7 Å². The molecule has 0 fully saturated rings. The molecular weight excluding hydrogens is 479 g/mol. The molecule has 0 aliphatic carbocycles. The van der Waals surface area contributed by atoms with E-state index in [1.807, 2.05) is 13.0 Å². The van der Waals surface area contributed by atoms with Gasteiger partial charge < -0.3 is 14.2 Å². The Morgan fingerprint density at radius 1 is 1.09 bits per heavy atom. The quantitative estimate of drug-likeness (QED) is 0.338. The number of ether oxygens (including phenoxy) is 3. The summed E-state index contributed by atoms with van der Waals surface area (Å²) in [6.07, 6.45) is 1.48. The van der Waals surface area contributed by atoms with Crippen LogP contribution < -0.4 is 19.6 Å². The van der Waals surface area contributed by atoms with E-state index in [2.05, 4.69) is 26.5 Å². The van der Waals surface area contributed by atoms with Gasteiger partial charge in [-0.25, -0.2) is 9.82 Å². The Kier molecular flexibility index (Phi) is 7.83. The Morgan fingerprint density at radius 3 is 2.56 bits per heavy atom. The zero-order valence-corrected chi connectivity index (χ0v) is 19.4. The highest BCUT2D eigenvalue weighted by Gasteiger charge is 2.14. The maximum Gasteiger partial charge on any atom is 0.275 e. The SMILES string of the molecule is COc1cc(C)ccc1C(=O)N/N=C/c1cc(Br)c(OCc2ccccc2F)c(OC)c1. The first-order chi connectivity index (χ1) is 15.4. The number of nitrogens with one attached hydrogen (secondary N) is 1. The van der Waals surface area contributed by atoms with E-state index in [9.17, 15) is 9.18 Å². The van der Waals surface area contributed by atoms with Gasteiger partial charge in [-0.3, -0.25) is 4.79 Å². The van der Waals surface area contributed by atoms with Crippen molar-refractivity contribution in [2.45, 2.75) is 13.5 Å². The van der Waals surface area contributed by atoms with Crippen LogP contribution >= 0.6 is 15.9 Å². The number of nitrogens with zero attached hydrogens (tertiary/aromatic N) is 1. The lowest BCUT2D eigenvalue weighted by molar-refractivity contribution is 0.0952. The van der Waals surface area contributed by atoms with Gasteiger partial charge >= 0.3 is 0 Å². The number of hydrazone groups is 1. The van der Waals surface area contributed by atoms with Crippen LogP contribution in [0.5, 0.6) is 17.2 Å². The number of amides is 1. The number of halogens is 2. The molecular formula is C24H22BrFN2O4. The number of carbonyl (C=O) groups is 1. The van der Waals surface area contributed by atoms with E-state index in [1.165, 1.54) is 26.5 Å². The van der Waals surface area contributed by atoms with Crippen LogP contribution in [0.1, 0.15) is 27.0 Å². The van der Waals surface area contributed by atoms with Crippen molar-refractivity contribution in [2.75, 3.05) is 14.2 Å². The fourth-order valence-corrected chi connectivity index (χ4v) is 3.51. The van der Waals surface area contributed by atoms with E-state index < -0.39 is 5.91 Å². The number of carbonyl (C=O) groups excluding carboxylic acids is 1. The minimum Gasteiger partial charge on any atom is -0.496 e. The van der Waals surface area contributed by atoms with Crippen molar-refractivity contribution in [3.63, 3.8) is 0 Å². The zero-order valence-electron chi connectivity index (χ0n) is 17.8. The van der Waals surface area contributed by atoms with E-state index in [4.69, 9.17) is 14.2 Å². The molecule has 3 aromatic rings. The summed E-state index contributed by atoms with van der Waals surface area (Å²) in [5, 5.41) is 4.02. The Labute approximate surface area is 194 Å². The predicted molar refractivity (Wildman–Crippen MR) is 124 cm³/mol. The van der Waals surface area contributed by atoms with Crippen LogP contribution in [0.4, 0.5) is 4.39 Å². The molecule has 32 heavy (non-hydrogen) atoms. The molecule has 0 heterocycles. The maximum atomic E-state index is 13.9. The summed E-state index contributed by atoms with van der Waals surface area (Å²) in [6.45, 7) is 1.96. The average molecular weight is 501 g/mol. The van der Waals surface area contributed by atoms with Crippen molar-refractivity contribution in [3.05, 3.63) is 87.1 Å². The molecule has 0 atom stereocenters. The lowest BCUT2D eigenvalue weighted by Gasteiger charge is -2.14. The smallest absolute Gasteiger partial charge is 0.275 e. The van der Waals surface area contributed by atoms with Crippen LogP contribution in [0.25, 0.3) is 0 Å². The summed E-state index contributed by atoms with van der Waals surface area (Å²) in [6, 6.07) is 15.1. The van der Waals surface area contributed by atoms with E-state index in [-0.39, 0.29) is 12.4 Å². The summed E-state index contributed by atoms with van der Waals surface area (Å²) in [4.78, 5) is 12.4. The Bertz CT molecular complexity index is 1150. The Balaban J connectivity index is 1.72. The van der Waals surface area contributed by atoms with Crippen LogP contribution in [0.3, 0.4) is 0 Å². The lowest BCUT2D eigenvalue weighted by Crippen LogP contribution is -2.18. The molecule has 0 bridgehead atoms. The fourth-order valence-electron chi connectivity index (χ4n) is 2.93. The number of rotatable bonds is 8. The van der Waals surface area contributed by atoms with E-state index in [0.29, 0.717) is 38.4 Å². The van der Waals surface area contributed by atoms with Crippen molar-refractivity contribution in [2.24, 2.45) is 5.10 Å². The van der Waals surface area contributed by atoms with Gasteiger partial charge in [0.2, 0.25) is 0 Å². The highest BCUT2D eigenvalue weighted by molar-refractivity contribution is 9.10. The monoisotopic (exact) mass is 500 g/mol. The van der Waals surface area contributed by atoms with Gasteiger partial charge in [-0.15, -0.1) is 0 Å². The fraction of sp³-hybridized carbons (Fsp3) is 0.167. The third-order valence-electron chi connectivity index (χ3n) is 4.56. The second kappa shape index (κ2) is 10.8. The van der Waals surface area contributed by atoms with Gasteiger partial charge in [0.25, 0.3) is 5.91 Å². The van der Waals surface area contributed by atoms with Crippen LogP contribution in [0.15, 0.2) is 64.2 Å². The summed E-state index contributed by atoms with van der Waals surface area (Å²) in [7, 11) is 3.01. The largest absolute Gasteiger partial charge is 0.496 e. The predicted octanol–water partition coefficient (Wildman–Crippen LogP) is 5.26. The third kappa shape index (κ3) is 5.64. The van der Waals surface area contributed by atoms with Gasteiger partial charge in [-0.1, -0.05) is 24.3 Å². The number of methoxy groups -OCH3 is 2. The summed E-state index contributed by atoms with van der Waals surface area (Å²) < 4.78 is 30.9. The zero-order chi connectivity index (χ0) is 23.1. The van der Waals surface area contributed by atoms with Crippen LogP contribution in [-0.2, 0) is 6.61 Å². The number of hydrogen-bond donors (Lipinski definition) is 1. The van der Waals surface area contributed by atoms with Crippen LogP contribution in [0.2, 0.25) is 0 Å². The normalized spacial score (nSPS) is 10.8. The van der Waals surface area contributed by atoms with Gasteiger partial charge in [0, 0.05) is 5.56 Å². The van der Waals surface area contributed by atoms with E-state index >= 15 is 0 Å². The summed E-state index contributed by atoms with van der Waals surface area (Å²) in [5.74, 6) is 0.602. The topological polar surface area (TPSA) is 69.2 Å². The first-order valence-electron chi connectivity index (χ1n) is 9.64. The number of benzene rings is 3. The minimum absolute atomic E-state index is 0.0451. The molecule has 0 aromatic heterocycles. The molecule has 1 N–H and O–H groups in total. The molecule has 0 radical (unpaired) electrons. The van der Waals surface area contributed by atoms with Crippen molar-refractivity contribution in [1.29, 1.82) is 0 Å². The van der Waals surface area contributed by atoms with E-state index in [0.717, 1.165) is 5.56 Å². The van der Waals surface area contributed by atoms with Crippen molar-refractivity contribution in [3.8, 4) is 17.2 Å². The average Bonchev–Trinajstić information content (AvgIpc) is 2.78. The van der Waals surface area contributed by atoms with Gasteiger partial charge in [0.05, 0.1) is 30.5 Å². The van der Waals surface area contributed by atoms with Crippen molar-refractivity contribution >= 4 is 28.1 Å². The molecule has 0 saturated heterocycles. The molecule has 0 saturated carbocycles. The summed E-state index contributed by atoms with van der Waals surface area (Å²) in [5.41, 5.74) is 4.94. The first kappa shape index (κ1) is 23.3. The van der Waals surface area contributed by atoms with Gasteiger partial charge in [0.15, 0.2) is 11.5 Å². The molecule has 0 aliphatic rings. The molecule has 3 aromatic carbocycles. The number of aryl methyl sites for hydroxylation is 1. The van der Waals surface area contributed by atoms with Crippen molar-refractivity contribution < 1.29 is 23.4 Å².